The zero-order valence-electron chi connectivity index (χ0n) is 18.9. The third kappa shape index (κ3) is 5.17. The highest BCUT2D eigenvalue weighted by molar-refractivity contribution is 9.11. The van der Waals surface area contributed by atoms with Crippen LogP contribution in [-0.2, 0) is 6.54 Å². The van der Waals surface area contributed by atoms with Gasteiger partial charge in [-0.15, -0.1) is 0 Å². The highest BCUT2D eigenvalue weighted by atomic mass is 79.9. The second-order valence-electron chi connectivity index (χ2n) is 8.00. The Morgan fingerprint density at radius 1 is 0.939 bits per heavy atom. The van der Waals surface area contributed by atoms with Gasteiger partial charge in [-0.2, -0.15) is 0 Å². The SMILES string of the molecule is CCN(CC)C(=O)Oc1ccc2c(ccn2Cc2cc(Br)cc(Br)c2)c1-c1ccc(C)cc1. The zero-order valence-corrected chi connectivity index (χ0v) is 22.1. The fourth-order valence-electron chi connectivity index (χ4n) is 4.03. The first-order valence-corrected chi connectivity index (χ1v) is 12.6. The van der Waals surface area contributed by atoms with Crippen LogP contribution >= 0.6 is 31.9 Å². The average Bonchev–Trinajstić information content (AvgIpc) is 3.17. The van der Waals surface area contributed by atoms with Crippen molar-refractivity contribution in [2.75, 3.05) is 13.1 Å². The summed E-state index contributed by atoms with van der Waals surface area (Å²) in [5.41, 5.74) is 5.41. The lowest BCUT2D eigenvalue weighted by Gasteiger charge is -2.20. The summed E-state index contributed by atoms with van der Waals surface area (Å²) in [4.78, 5) is 14.4. The van der Waals surface area contributed by atoms with Crippen molar-refractivity contribution in [2.45, 2.75) is 27.3 Å². The number of ether oxygens (including phenoxy) is 1. The molecule has 170 valence electrons. The van der Waals surface area contributed by atoms with E-state index in [4.69, 9.17) is 4.74 Å². The molecule has 0 N–H and O–H groups in total. The first-order valence-electron chi connectivity index (χ1n) is 11.0. The Hall–Kier alpha value is -2.57. The second-order valence-corrected chi connectivity index (χ2v) is 9.83. The molecule has 4 rings (SSSR count). The van der Waals surface area contributed by atoms with E-state index in [1.54, 1.807) is 4.90 Å². The van der Waals surface area contributed by atoms with Crippen LogP contribution in [0.2, 0.25) is 0 Å². The van der Waals surface area contributed by atoms with Crippen LogP contribution in [0.5, 0.6) is 5.75 Å². The summed E-state index contributed by atoms with van der Waals surface area (Å²) in [5.74, 6) is 0.575. The lowest BCUT2D eigenvalue weighted by molar-refractivity contribution is 0.157. The van der Waals surface area contributed by atoms with Gasteiger partial charge in [-0.05, 0) is 68.3 Å². The number of hydrogen-bond donors (Lipinski definition) is 0. The van der Waals surface area contributed by atoms with Crippen molar-refractivity contribution >= 4 is 48.9 Å². The van der Waals surface area contributed by atoms with Gasteiger partial charge in [-0.1, -0.05) is 61.7 Å². The summed E-state index contributed by atoms with van der Waals surface area (Å²) in [6.07, 6.45) is 1.76. The second kappa shape index (κ2) is 10.1. The van der Waals surface area contributed by atoms with Crippen molar-refractivity contribution in [1.29, 1.82) is 0 Å². The maximum absolute atomic E-state index is 12.7. The van der Waals surface area contributed by atoms with Crippen molar-refractivity contribution in [3.63, 3.8) is 0 Å². The monoisotopic (exact) mass is 568 g/mol. The van der Waals surface area contributed by atoms with Gasteiger partial charge in [-0.25, -0.2) is 4.79 Å². The van der Waals surface area contributed by atoms with Crippen LogP contribution in [0, 0.1) is 6.92 Å². The molecular weight excluding hydrogens is 544 g/mol. The molecule has 0 saturated heterocycles. The van der Waals surface area contributed by atoms with Gasteiger partial charge in [0.2, 0.25) is 0 Å². The largest absolute Gasteiger partial charge is 0.415 e. The fraction of sp³-hybridized carbons (Fsp3) is 0.222. The van der Waals surface area contributed by atoms with Gasteiger partial charge < -0.3 is 14.2 Å². The number of aryl methyl sites for hydroxylation is 1. The smallest absolute Gasteiger partial charge is 0.410 e. The molecule has 6 heteroatoms. The number of nitrogens with zero attached hydrogens (tertiary/aromatic N) is 2. The maximum Gasteiger partial charge on any atom is 0.415 e. The molecular formula is C27H26Br2N2O2. The van der Waals surface area contributed by atoms with Crippen LogP contribution in [0.1, 0.15) is 25.0 Å². The minimum absolute atomic E-state index is 0.328. The summed E-state index contributed by atoms with van der Waals surface area (Å²) in [6, 6.07) is 20.7. The van der Waals surface area contributed by atoms with Crippen LogP contribution in [0.4, 0.5) is 4.79 Å². The number of hydrogen-bond acceptors (Lipinski definition) is 2. The number of fused-ring (bicyclic) bond motifs is 1. The normalized spacial score (nSPS) is 11.1. The van der Waals surface area contributed by atoms with E-state index in [1.165, 1.54) is 11.1 Å². The van der Waals surface area contributed by atoms with Gasteiger partial charge in [0.1, 0.15) is 5.75 Å². The molecule has 3 aromatic carbocycles. The zero-order chi connectivity index (χ0) is 23.5. The first kappa shape index (κ1) is 23.6. The molecule has 4 aromatic rings. The summed E-state index contributed by atoms with van der Waals surface area (Å²) in [7, 11) is 0. The number of amides is 1. The van der Waals surface area contributed by atoms with Gasteiger partial charge >= 0.3 is 6.09 Å². The molecule has 0 aliphatic heterocycles. The molecule has 0 fully saturated rings. The Morgan fingerprint density at radius 3 is 2.24 bits per heavy atom. The van der Waals surface area contributed by atoms with Crippen molar-refractivity contribution in [1.82, 2.24) is 9.47 Å². The fourth-order valence-corrected chi connectivity index (χ4v) is 5.42. The Labute approximate surface area is 211 Å². The lowest BCUT2D eigenvalue weighted by atomic mass is 9.99. The topological polar surface area (TPSA) is 34.5 Å². The van der Waals surface area contributed by atoms with E-state index in [0.29, 0.717) is 18.8 Å². The van der Waals surface area contributed by atoms with Gasteiger partial charge in [0.05, 0.1) is 0 Å². The molecule has 0 spiro atoms. The van der Waals surface area contributed by atoms with Crippen LogP contribution in [0.25, 0.3) is 22.0 Å². The van der Waals surface area contributed by atoms with Gasteiger partial charge in [-0.3, -0.25) is 0 Å². The van der Waals surface area contributed by atoms with Crippen LogP contribution in [0.3, 0.4) is 0 Å². The maximum atomic E-state index is 12.7. The number of carbonyl (C=O) groups is 1. The van der Waals surface area contributed by atoms with E-state index >= 15 is 0 Å². The molecule has 0 aliphatic rings. The summed E-state index contributed by atoms with van der Waals surface area (Å²) in [5, 5.41) is 1.05. The van der Waals surface area contributed by atoms with Crippen molar-refractivity contribution in [2.24, 2.45) is 0 Å². The molecule has 0 radical (unpaired) electrons. The highest BCUT2D eigenvalue weighted by Gasteiger charge is 2.19. The van der Waals surface area contributed by atoms with E-state index in [9.17, 15) is 4.79 Å². The minimum Gasteiger partial charge on any atom is -0.410 e. The standard InChI is InChI=1S/C27H26Br2N2O2/c1-4-30(5-2)27(32)33-25-11-10-24-23(26(25)20-8-6-18(3)7-9-20)12-13-31(24)17-19-14-21(28)16-22(29)15-19/h6-16H,4-5,17H2,1-3H3. The van der Waals surface area contributed by atoms with Crippen LogP contribution < -0.4 is 4.74 Å². The molecule has 0 atom stereocenters. The van der Waals surface area contributed by atoms with Crippen molar-refractivity contribution in [3.8, 4) is 16.9 Å². The summed E-state index contributed by atoms with van der Waals surface area (Å²) >= 11 is 7.16. The Kier molecular flexibility index (Phi) is 7.25. The summed E-state index contributed by atoms with van der Waals surface area (Å²) < 4.78 is 10.2. The van der Waals surface area contributed by atoms with Gasteiger partial charge in [0.15, 0.2) is 0 Å². The van der Waals surface area contributed by atoms with E-state index in [1.807, 2.05) is 32.0 Å². The van der Waals surface area contributed by atoms with Crippen LogP contribution in [-0.4, -0.2) is 28.6 Å². The molecule has 1 aromatic heterocycles. The lowest BCUT2D eigenvalue weighted by Crippen LogP contribution is -2.33. The number of benzene rings is 3. The third-order valence-electron chi connectivity index (χ3n) is 5.75. The highest BCUT2D eigenvalue weighted by Crippen LogP contribution is 2.38. The molecule has 4 nitrogen and oxygen atoms in total. The first-order chi connectivity index (χ1) is 15.9. The molecule has 0 bridgehead atoms. The van der Waals surface area contributed by atoms with Crippen molar-refractivity contribution < 1.29 is 9.53 Å². The predicted octanol–water partition coefficient (Wildman–Crippen LogP) is 8.03. The molecule has 0 saturated carbocycles. The number of halogens is 2. The molecule has 1 heterocycles. The Morgan fingerprint density at radius 2 is 1.61 bits per heavy atom. The Bertz CT molecular complexity index is 1270. The van der Waals surface area contributed by atoms with Gasteiger partial charge in [0.25, 0.3) is 0 Å². The van der Waals surface area contributed by atoms with E-state index in [0.717, 1.165) is 37.5 Å². The third-order valence-corrected chi connectivity index (χ3v) is 6.66. The quantitative estimate of drug-likeness (QED) is 0.235. The van der Waals surface area contributed by atoms with E-state index < -0.39 is 0 Å². The van der Waals surface area contributed by atoms with E-state index in [2.05, 4.69) is 92.0 Å². The number of rotatable bonds is 6. The number of carbonyl (C=O) groups excluding carboxylic acids is 1. The molecule has 0 unspecified atom stereocenters. The van der Waals surface area contributed by atoms with Crippen molar-refractivity contribution in [3.05, 3.63) is 86.9 Å². The predicted molar refractivity (Wildman–Crippen MR) is 142 cm³/mol. The van der Waals surface area contributed by atoms with Crippen LogP contribution in [0.15, 0.2) is 75.8 Å². The van der Waals surface area contributed by atoms with E-state index in [-0.39, 0.29) is 6.09 Å². The molecule has 1 amide bonds. The molecule has 33 heavy (non-hydrogen) atoms. The summed E-state index contributed by atoms with van der Waals surface area (Å²) in [6.45, 7) is 7.92. The van der Waals surface area contributed by atoms with Gasteiger partial charge in [0, 0.05) is 51.2 Å². The number of aromatic nitrogens is 1. The average molecular weight is 570 g/mol. The Balaban J connectivity index is 1.81. The minimum atomic E-state index is -0.328. The molecule has 0 aliphatic carbocycles.